The molecule has 3 heterocycles. The molecule has 1 N–H and O–H groups in total. The van der Waals surface area contributed by atoms with E-state index in [1.54, 1.807) is 12.1 Å². The van der Waals surface area contributed by atoms with Gasteiger partial charge in [0.15, 0.2) is 10.8 Å². The maximum absolute atomic E-state index is 13.1. The summed E-state index contributed by atoms with van der Waals surface area (Å²) in [4.78, 5) is 23.8. The van der Waals surface area contributed by atoms with Crippen LogP contribution in [0.2, 0.25) is 0 Å². The van der Waals surface area contributed by atoms with Crippen LogP contribution < -0.4 is 5.32 Å². The van der Waals surface area contributed by atoms with Crippen LogP contribution in [0.1, 0.15) is 16.2 Å². The van der Waals surface area contributed by atoms with E-state index < -0.39 is 0 Å². The number of carbonyl (C=O) groups excluding carboxylic acids is 1. The summed E-state index contributed by atoms with van der Waals surface area (Å²) in [5.41, 5.74) is 3.38. The zero-order valence-electron chi connectivity index (χ0n) is 15.4. The van der Waals surface area contributed by atoms with Gasteiger partial charge in [0.05, 0.1) is 11.4 Å². The second kappa shape index (κ2) is 7.49. The minimum Gasteiger partial charge on any atom is -0.304 e. The molecule has 8 heteroatoms. The highest BCUT2D eigenvalue weighted by atomic mass is 32.1. The monoisotopic (exact) mass is 395 g/mol. The smallest absolute Gasteiger partial charge is 0.278 e. The first-order valence-electron chi connectivity index (χ1n) is 8.65. The molecule has 142 valence electrons. The number of nitrogens with zero attached hydrogens (tertiary/aromatic N) is 4. The summed E-state index contributed by atoms with van der Waals surface area (Å²) in [7, 11) is 3.89. The van der Waals surface area contributed by atoms with Crippen LogP contribution in [-0.2, 0) is 6.54 Å². The predicted molar refractivity (Wildman–Crippen MR) is 108 cm³/mol. The first-order valence-corrected chi connectivity index (χ1v) is 9.53. The van der Waals surface area contributed by atoms with Crippen molar-refractivity contribution in [1.29, 1.82) is 0 Å². The summed E-state index contributed by atoms with van der Waals surface area (Å²) < 4.78 is 15.0. The molecule has 1 aromatic carbocycles. The van der Waals surface area contributed by atoms with Gasteiger partial charge in [0.1, 0.15) is 11.5 Å². The zero-order chi connectivity index (χ0) is 19.7. The molecular weight excluding hydrogens is 377 g/mol. The molecule has 1 amide bonds. The number of imidazole rings is 1. The molecule has 0 unspecified atom stereocenters. The number of hydrogen-bond acceptors (Lipinski definition) is 5. The van der Waals surface area contributed by atoms with Gasteiger partial charge in [-0.2, -0.15) is 0 Å². The molecule has 4 aromatic rings. The lowest BCUT2D eigenvalue weighted by Crippen LogP contribution is -2.19. The average Bonchev–Trinajstić information content (AvgIpc) is 3.27. The lowest BCUT2D eigenvalue weighted by molar-refractivity contribution is 0.102. The molecule has 0 aliphatic rings. The number of anilines is 1. The molecule has 6 nitrogen and oxygen atoms in total. The van der Waals surface area contributed by atoms with Crippen LogP contribution in [0.5, 0.6) is 0 Å². The number of hydrogen-bond donors (Lipinski definition) is 1. The summed E-state index contributed by atoms with van der Waals surface area (Å²) in [5.74, 6) is -0.603. The van der Waals surface area contributed by atoms with Gasteiger partial charge in [-0.1, -0.05) is 6.07 Å². The molecule has 0 bridgehead atoms. The SMILES string of the molecule is CN(C)Cc1c(C(=O)Nc2nc(-c3ccc(F)cc3)cs2)nc2ccccn12. The van der Waals surface area contributed by atoms with Gasteiger partial charge in [0.2, 0.25) is 0 Å². The lowest BCUT2D eigenvalue weighted by atomic mass is 10.2. The number of carbonyl (C=O) groups is 1. The Bertz CT molecular complexity index is 1130. The fourth-order valence-electron chi connectivity index (χ4n) is 2.92. The highest BCUT2D eigenvalue weighted by Crippen LogP contribution is 2.26. The van der Waals surface area contributed by atoms with E-state index in [-0.39, 0.29) is 11.7 Å². The summed E-state index contributed by atoms with van der Waals surface area (Å²) in [6.07, 6.45) is 1.90. The van der Waals surface area contributed by atoms with Gasteiger partial charge in [0.25, 0.3) is 5.91 Å². The third-order valence-electron chi connectivity index (χ3n) is 4.17. The highest BCUT2D eigenvalue weighted by molar-refractivity contribution is 7.14. The summed E-state index contributed by atoms with van der Waals surface area (Å²) in [5, 5.41) is 5.13. The Kier molecular flexibility index (Phi) is 4.89. The molecular formula is C20H18FN5OS. The van der Waals surface area contributed by atoms with Gasteiger partial charge in [-0.25, -0.2) is 14.4 Å². The molecule has 0 radical (unpaired) electrons. The number of halogens is 1. The third-order valence-corrected chi connectivity index (χ3v) is 4.93. The van der Waals surface area contributed by atoms with E-state index in [1.807, 2.05) is 53.2 Å². The predicted octanol–water partition coefficient (Wildman–Crippen LogP) is 3.91. The van der Waals surface area contributed by atoms with Gasteiger partial charge in [-0.3, -0.25) is 10.1 Å². The van der Waals surface area contributed by atoms with E-state index in [2.05, 4.69) is 15.3 Å². The Labute approximate surface area is 165 Å². The van der Waals surface area contributed by atoms with Crippen LogP contribution in [0.25, 0.3) is 16.9 Å². The van der Waals surface area contributed by atoms with Gasteiger partial charge < -0.3 is 9.30 Å². The van der Waals surface area contributed by atoms with Crippen molar-refractivity contribution in [2.75, 3.05) is 19.4 Å². The second-order valence-electron chi connectivity index (χ2n) is 6.57. The molecule has 28 heavy (non-hydrogen) atoms. The van der Waals surface area contributed by atoms with Gasteiger partial charge in [-0.05, 0) is 50.5 Å². The first-order chi connectivity index (χ1) is 13.5. The van der Waals surface area contributed by atoms with Crippen LogP contribution in [0, 0.1) is 5.82 Å². The van der Waals surface area contributed by atoms with Crippen molar-refractivity contribution in [2.45, 2.75) is 6.54 Å². The first kappa shape index (κ1) is 18.3. The fraction of sp³-hybridized carbons (Fsp3) is 0.150. The number of amides is 1. The molecule has 0 atom stereocenters. The quantitative estimate of drug-likeness (QED) is 0.557. The summed E-state index contributed by atoms with van der Waals surface area (Å²) in [6, 6.07) is 11.8. The van der Waals surface area contributed by atoms with E-state index in [9.17, 15) is 9.18 Å². The van der Waals surface area contributed by atoms with Crippen LogP contribution in [0.3, 0.4) is 0 Å². The number of nitrogens with one attached hydrogen (secondary N) is 1. The standard InChI is InChI=1S/C20H18FN5OS/c1-25(2)11-16-18(23-17-5-3-4-10-26(16)17)19(27)24-20-22-15(12-28-20)13-6-8-14(21)9-7-13/h3-10,12H,11H2,1-2H3,(H,22,24,27). The molecule has 3 aromatic heterocycles. The number of pyridine rings is 1. The zero-order valence-corrected chi connectivity index (χ0v) is 16.2. The van der Waals surface area contributed by atoms with Crippen LogP contribution in [0.15, 0.2) is 54.0 Å². The second-order valence-corrected chi connectivity index (χ2v) is 7.43. The van der Waals surface area contributed by atoms with Crippen LogP contribution >= 0.6 is 11.3 Å². The van der Waals surface area contributed by atoms with E-state index in [4.69, 9.17) is 0 Å². The Morgan fingerprint density at radius 3 is 2.71 bits per heavy atom. The molecule has 0 saturated carbocycles. The Balaban J connectivity index is 1.61. The van der Waals surface area contributed by atoms with Gasteiger partial charge in [-0.15, -0.1) is 11.3 Å². The van der Waals surface area contributed by atoms with Crippen LogP contribution in [0.4, 0.5) is 9.52 Å². The molecule has 0 aliphatic carbocycles. The number of aromatic nitrogens is 3. The molecule has 0 spiro atoms. The van der Waals surface area contributed by atoms with E-state index in [0.717, 1.165) is 16.9 Å². The van der Waals surface area contributed by atoms with Crippen molar-refractivity contribution >= 4 is 28.0 Å². The normalized spacial score (nSPS) is 11.3. The number of fused-ring (bicyclic) bond motifs is 1. The number of rotatable bonds is 5. The van der Waals surface area contributed by atoms with E-state index in [1.165, 1.54) is 23.5 Å². The Morgan fingerprint density at radius 2 is 1.96 bits per heavy atom. The van der Waals surface area contributed by atoms with Crippen molar-refractivity contribution in [1.82, 2.24) is 19.3 Å². The minimum atomic E-state index is -0.305. The average molecular weight is 395 g/mol. The van der Waals surface area contributed by atoms with Gasteiger partial charge in [0, 0.05) is 23.7 Å². The maximum Gasteiger partial charge on any atom is 0.278 e. The van der Waals surface area contributed by atoms with Crippen molar-refractivity contribution in [3.8, 4) is 11.3 Å². The van der Waals surface area contributed by atoms with Crippen molar-refractivity contribution in [3.63, 3.8) is 0 Å². The van der Waals surface area contributed by atoms with Crippen LogP contribution in [-0.4, -0.2) is 39.3 Å². The van der Waals surface area contributed by atoms with Crippen molar-refractivity contribution < 1.29 is 9.18 Å². The summed E-state index contributed by atoms with van der Waals surface area (Å²) >= 11 is 1.32. The largest absolute Gasteiger partial charge is 0.304 e. The molecule has 0 saturated heterocycles. The number of thiazole rings is 1. The minimum absolute atomic E-state index is 0.298. The molecule has 0 aliphatic heterocycles. The van der Waals surface area contributed by atoms with E-state index in [0.29, 0.717) is 23.1 Å². The fourth-order valence-corrected chi connectivity index (χ4v) is 3.63. The lowest BCUT2D eigenvalue weighted by Gasteiger charge is -2.10. The van der Waals surface area contributed by atoms with E-state index >= 15 is 0 Å². The third kappa shape index (κ3) is 3.64. The Hall–Kier alpha value is -3.10. The topological polar surface area (TPSA) is 62.5 Å². The van der Waals surface area contributed by atoms with Crippen molar-refractivity contribution in [3.05, 3.63) is 71.2 Å². The van der Waals surface area contributed by atoms with Gasteiger partial charge >= 0.3 is 0 Å². The molecule has 4 rings (SSSR count). The highest BCUT2D eigenvalue weighted by Gasteiger charge is 2.20. The number of benzene rings is 1. The Morgan fingerprint density at radius 1 is 1.18 bits per heavy atom. The maximum atomic E-state index is 13.1. The molecule has 0 fully saturated rings. The van der Waals surface area contributed by atoms with Crippen molar-refractivity contribution in [2.24, 2.45) is 0 Å². The summed E-state index contributed by atoms with van der Waals surface area (Å²) in [6.45, 7) is 0.576.